The van der Waals surface area contributed by atoms with Crippen LogP contribution < -0.4 is 0 Å². The quantitative estimate of drug-likeness (QED) is 0.671. The highest BCUT2D eigenvalue weighted by Crippen LogP contribution is 2.27. The number of pyridine rings is 1. The van der Waals surface area contributed by atoms with Crippen molar-refractivity contribution in [1.82, 2.24) is 24.6 Å². The molecule has 0 unspecified atom stereocenters. The average molecular weight is 388 g/mol. The summed E-state index contributed by atoms with van der Waals surface area (Å²) in [7, 11) is 0. The largest absolute Gasteiger partial charge is 0.337 e. The average Bonchev–Trinajstić information content (AvgIpc) is 3.08. The smallest absolute Gasteiger partial charge is 0.233 e. The molecule has 2 atom stereocenters. The van der Waals surface area contributed by atoms with Crippen molar-refractivity contribution in [3.05, 3.63) is 24.5 Å². The second-order valence-electron chi connectivity index (χ2n) is 7.27. The highest BCUT2D eigenvalue weighted by atomic mass is 32.2. The van der Waals surface area contributed by atoms with Crippen molar-refractivity contribution in [2.45, 2.75) is 76.7 Å². The van der Waals surface area contributed by atoms with Crippen LogP contribution in [-0.4, -0.2) is 48.4 Å². The number of hydrogen-bond donors (Lipinski definition) is 0. The summed E-state index contributed by atoms with van der Waals surface area (Å²) in [4.78, 5) is 19.0. The first kappa shape index (κ1) is 19.9. The van der Waals surface area contributed by atoms with E-state index in [2.05, 4.69) is 45.4 Å². The van der Waals surface area contributed by atoms with Gasteiger partial charge in [-0.15, -0.1) is 10.2 Å². The number of unbranched alkanes of at least 4 members (excludes halogenated alkanes) is 1. The minimum atomic E-state index is 0.204. The standard InChI is InChI=1S/C20H29N5OS/c1-4-5-13-24-19(17-9-11-21-12-10-17)22-23-20(24)27-14-18(26)25-15(2)7-6-8-16(25)3/h9-12,15-16H,4-8,13-14H2,1-3H3/t15-,16-/m1/s1. The van der Waals surface area contributed by atoms with Crippen LogP contribution in [0, 0.1) is 0 Å². The van der Waals surface area contributed by atoms with E-state index in [0.717, 1.165) is 48.8 Å². The summed E-state index contributed by atoms with van der Waals surface area (Å²) >= 11 is 1.50. The van der Waals surface area contributed by atoms with Crippen LogP contribution in [0.2, 0.25) is 0 Å². The first-order chi connectivity index (χ1) is 13.1. The van der Waals surface area contributed by atoms with E-state index in [-0.39, 0.29) is 5.91 Å². The number of rotatable bonds is 7. The minimum absolute atomic E-state index is 0.204. The molecule has 1 aliphatic heterocycles. The number of amides is 1. The molecule has 3 rings (SSSR count). The molecule has 0 aromatic carbocycles. The van der Waals surface area contributed by atoms with Gasteiger partial charge in [0.25, 0.3) is 0 Å². The summed E-state index contributed by atoms with van der Waals surface area (Å²) in [6.07, 6.45) is 9.09. The molecule has 7 heteroatoms. The second kappa shape index (κ2) is 9.35. The van der Waals surface area contributed by atoms with E-state index in [9.17, 15) is 4.79 Å². The van der Waals surface area contributed by atoms with Crippen molar-refractivity contribution in [1.29, 1.82) is 0 Å². The monoisotopic (exact) mass is 387 g/mol. The number of thioether (sulfide) groups is 1. The van der Waals surface area contributed by atoms with Crippen molar-refractivity contribution >= 4 is 17.7 Å². The van der Waals surface area contributed by atoms with E-state index in [1.54, 1.807) is 12.4 Å². The number of hydrogen-bond acceptors (Lipinski definition) is 5. The van der Waals surface area contributed by atoms with Crippen molar-refractivity contribution in [3.8, 4) is 11.4 Å². The van der Waals surface area contributed by atoms with Crippen LogP contribution in [0.15, 0.2) is 29.7 Å². The molecule has 1 fully saturated rings. The highest BCUT2D eigenvalue weighted by molar-refractivity contribution is 7.99. The number of likely N-dealkylation sites (tertiary alicyclic amines) is 1. The molecule has 0 spiro atoms. The molecule has 0 radical (unpaired) electrons. The van der Waals surface area contributed by atoms with E-state index in [1.807, 2.05) is 12.1 Å². The molecular weight excluding hydrogens is 358 g/mol. The fraction of sp³-hybridized carbons (Fsp3) is 0.600. The lowest BCUT2D eigenvalue weighted by Crippen LogP contribution is -2.48. The molecule has 1 amide bonds. The number of aromatic nitrogens is 4. The molecule has 6 nitrogen and oxygen atoms in total. The molecule has 3 heterocycles. The van der Waals surface area contributed by atoms with Crippen molar-refractivity contribution in [2.75, 3.05) is 5.75 Å². The van der Waals surface area contributed by atoms with Gasteiger partial charge in [0, 0.05) is 36.6 Å². The normalized spacial score (nSPS) is 20.0. The van der Waals surface area contributed by atoms with Crippen LogP contribution in [0.4, 0.5) is 0 Å². The maximum absolute atomic E-state index is 12.8. The van der Waals surface area contributed by atoms with E-state index >= 15 is 0 Å². The third-order valence-electron chi connectivity index (χ3n) is 5.20. The van der Waals surface area contributed by atoms with Gasteiger partial charge in [0.2, 0.25) is 5.91 Å². The van der Waals surface area contributed by atoms with Gasteiger partial charge in [0.1, 0.15) is 0 Å². The Hall–Kier alpha value is -1.89. The van der Waals surface area contributed by atoms with Gasteiger partial charge >= 0.3 is 0 Å². The molecule has 0 saturated carbocycles. The predicted molar refractivity (Wildman–Crippen MR) is 109 cm³/mol. The second-order valence-corrected chi connectivity index (χ2v) is 8.21. The summed E-state index contributed by atoms with van der Waals surface area (Å²) < 4.78 is 2.14. The van der Waals surface area contributed by atoms with Gasteiger partial charge in [-0.1, -0.05) is 25.1 Å². The highest BCUT2D eigenvalue weighted by Gasteiger charge is 2.29. The number of nitrogens with zero attached hydrogens (tertiary/aromatic N) is 5. The zero-order valence-electron chi connectivity index (χ0n) is 16.5. The summed E-state index contributed by atoms with van der Waals surface area (Å²) in [5.41, 5.74) is 1.00. The maximum atomic E-state index is 12.8. The van der Waals surface area contributed by atoms with Crippen LogP contribution in [0.1, 0.15) is 52.9 Å². The predicted octanol–water partition coefficient (Wildman–Crippen LogP) is 4.02. The van der Waals surface area contributed by atoms with Gasteiger partial charge in [-0.05, 0) is 51.7 Å². The van der Waals surface area contributed by atoms with Gasteiger partial charge in [0.15, 0.2) is 11.0 Å². The molecule has 2 aromatic heterocycles. The van der Waals surface area contributed by atoms with E-state index < -0.39 is 0 Å². The molecule has 0 bridgehead atoms. The first-order valence-electron chi connectivity index (χ1n) is 9.89. The van der Waals surface area contributed by atoms with Gasteiger partial charge < -0.3 is 9.47 Å². The van der Waals surface area contributed by atoms with E-state index in [1.165, 1.54) is 18.2 Å². The third-order valence-corrected chi connectivity index (χ3v) is 6.15. The van der Waals surface area contributed by atoms with Crippen LogP contribution in [0.3, 0.4) is 0 Å². The Morgan fingerprint density at radius 1 is 1.19 bits per heavy atom. The summed E-state index contributed by atoms with van der Waals surface area (Å²) in [6.45, 7) is 7.34. The molecule has 2 aromatic rings. The van der Waals surface area contributed by atoms with Crippen LogP contribution in [0.5, 0.6) is 0 Å². The zero-order valence-corrected chi connectivity index (χ0v) is 17.3. The Bertz CT molecular complexity index is 738. The Labute approximate surface area is 165 Å². The van der Waals surface area contributed by atoms with Crippen molar-refractivity contribution in [3.63, 3.8) is 0 Å². The number of carbonyl (C=O) groups is 1. The van der Waals surface area contributed by atoms with E-state index in [0.29, 0.717) is 17.8 Å². The van der Waals surface area contributed by atoms with Crippen LogP contribution in [0.25, 0.3) is 11.4 Å². The molecule has 27 heavy (non-hydrogen) atoms. The van der Waals surface area contributed by atoms with Crippen LogP contribution in [-0.2, 0) is 11.3 Å². The fourth-order valence-electron chi connectivity index (χ4n) is 3.74. The Morgan fingerprint density at radius 3 is 2.56 bits per heavy atom. The van der Waals surface area contributed by atoms with Crippen molar-refractivity contribution < 1.29 is 4.79 Å². The van der Waals surface area contributed by atoms with E-state index in [4.69, 9.17) is 0 Å². The van der Waals surface area contributed by atoms with Gasteiger partial charge in [-0.2, -0.15) is 0 Å². The first-order valence-corrected chi connectivity index (χ1v) is 10.9. The molecular formula is C20H29N5OS. The summed E-state index contributed by atoms with van der Waals surface area (Å²) in [6, 6.07) is 4.55. The lowest BCUT2D eigenvalue weighted by Gasteiger charge is -2.39. The molecule has 0 aliphatic carbocycles. The van der Waals surface area contributed by atoms with Gasteiger partial charge in [0.05, 0.1) is 5.75 Å². The lowest BCUT2D eigenvalue weighted by molar-refractivity contribution is -0.134. The molecule has 146 valence electrons. The zero-order chi connectivity index (χ0) is 19.2. The molecule has 1 aliphatic rings. The van der Waals surface area contributed by atoms with Gasteiger partial charge in [-0.3, -0.25) is 9.78 Å². The fourth-order valence-corrected chi connectivity index (χ4v) is 4.58. The van der Waals surface area contributed by atoms with Crippen molar-refractivity contribution in [2.24, 2.45) is 0 Å². The Balaban J connectivity index is 1.74. The maximum Gasteiger partial charge on any atom is 0.233 e. The molecule has 0 N–H and O–H groups in total. The van der Waals surface area contributed by atoms with Gasteiger partial charge in [-0.25, -0.2) is 0 Å². The SMILES string of the molecule is CCCCn1c(SCC(=O)N2[C@H](C)CCC[C@H]2C)nnc1-c1ccncc1. The lowest BCUT2D eigenvalue weighted by atomic mass is 9.98. The topological polar surface area (TPSA) is 63.9 Å². The number of carbonyl (C=O) groups excluding carboxylic acids is 1. The molecule has 1 saturated heterocycles. The number of piperidine rings is 1. The third kappa shape index (κ3) is 4.69. The Morgan fingerprint density at radius 2 is 1.89 bits per heavy atom. The summed E-state index contributed by atoms with van der Waals surface area (Å²) in [5.74, 6) is 1.46. The Kier molecular flexibility index (Phi) is 6.88. The summed E-state index contributed by atoms with van der Waals surface area (Å²) in [5, 5.41) is 9.60. The minimum Gasteiger partial charge on any atom is -0.337 e. The van der Waals surface area contributed by atoms with Crippen LogP contribution >= 0.6 is 11.8 Å².